The molecule has 0 radical (unpaired) electrons. The molecule has 0 saturated carbocycles. The minimum atomic E-state index is -3.61. The summed E-state index contributed by atoms with van der Waals surface area (Å²) >= 11 is 5.84. The fraction of sp³-hybridized carbons (Fsp3) is 0.133. The van der Waals surface area contributed by atoms with Gasteiger partial charge >= 0.3 is 5.97 Å². The second-order valence-corrected chi connectivity index (χ2v) is 6.72. The lowest BCUT2D eigenvalue weighted by molar-refractivity contribution is 0.0601. The zero-order chi connectivity index (χ0) is 16.2. The van der Waals surface area contributed by atoms with Gasteiger partial charge in [0.15, 0.2) is 0 Å². The van der Waals surface area contributed by atoms with Crippen molar-refractivity contribution in [2.24, 2.45) is 0 Å². The number of esters is 1. The lowest BCUT2D eigenvalue weighted by atomic mass is 10.2. The van der Waals surface area contributed by atoms with Gasteiger partial charge in [0, 0.05) is 10.7 Å². The van der Waals surface area contributed by atoms with Crippen molar-refractivity contribution in [2.45, 2.75) is 5.75 Å². The highest BCUT2D eigenvalue weighted by atomic mass is 35.5. The Morgan fingerprint density at radius 3 is 2.59 bits per heavy atom. The van der Waals surface area contributed by atoms with Crippen LogP contribution in [0.4, 0.5) is 5.69 Å². The van der Waals surface area contributed by atoms with E-state index < -0.39 is 16.0 Å². The molecule has 22 heavy (non-hydrogen) atoms. The molecule has 0 spiro atoms. The summed E-state index contributed by atoms with van der Waals surface area (Å²) in [5, 5.41) is 0.473. The summed E-state index contributed by atoms with van der Waals surface area (Å²) in [4.78, 5) is 11.4. The van der Waals surface area contributed by atoms with E-state index >= 15 is 0 Å². The summed E-state index contributed by atoms with van der Waals surface area (Å²) in [7, 11) is -2.35. The monoisotopic (exact) mass is 339 g/mol. The lowest BCUT2D eigenvalue weighted by Gasteiger charge is -2.09. The molecule has 0 aromatic heterocycles. The normalized spacial score (nSPS) is 11.0. The molecule has 0 atom stereocenters. The highest BCUT2D eigenvalue weighted by Gasteiger charge is 2.13. The van der Waals surface area contributed by atoms with Gasteiger partial charge in [0.2, 0.25) is 10.0 Å². The average Bonchev–Trinajstić information content (AvgIpc) is 2.45. The molecule has 2 aromatic rings. The molecule has 0 fully saturated rings. The van der Waals surface area contributed by atoms with Crippen molar-refractivity contribution in [1.29, 1.82) is 0 Å². The average molecular weight is 340 g/mol. The van der Waals surface area contributed by atoms with Crippen molar-refractivity contribution in [3.63, 3.8) is 0 Å². The van der Waals surface area contributed by atoms with Crippen LogP contribution in [0.25, 0.3) is 0 Å². The van der Waals surface area contributed by atoms with Gasteiger partial charge in [-0.15, -0.1) is 0 Å². The molecule has 2 aromatic carbocycles. The quantitative estimate of drug-likeness (QED) is 0.850. The first kappa shape index (κ1) is 16.3. The molecule has 1 N–H and O–H groups in total. The van der Waals surface area contributed by atoms with Crippen molar-refractivity contribution < 1.29 is 17.9 Å². The Morgan fingerprint density at radius 2 is 1.91 bits per heavy atom. The van der Waals surface area contributed by atoms with Crippen LogP contribution in [0.1, 0.15) is 15.9 Å². The molecule has 0 amide bonds. The molecule has 116 valence electrons. The Bertz CT molecular complexity index is 790. The topological polar surface area (TPSA) is 72.5 Å². The van der Waals surface area contributed by atoms with Crippen LogP contribution in [0.3, 0.4) is 0 Å². The number of halogens is 1. The predicted molar refractivity (Wildman–Crippen MR) is 85.5 cm³/mol. The third-order valence-corrected chi connectivity index (χ3v) is 4.30. The van der Waals surface area contributed by atoms with E-state index in [1.165, 1.54) is 13.2 Å². The van der Waals surface area contributed by atoms with Gasteiger partial charge in [-0.3, -0.25) is 4.72 Å². The fourth-order valence-corrected chi connectivity index (χ4v) is 3.28. The van der Waals surface area contributed by atoms with Crippen LogP contribution in [-0.4, -0.2) is 21.5 Å². The molecule has 5 nitrogen and oxygen atoms in total. The van der Waals surface area contributed by atoms with Crippen LogP contribution in [0.5, 0.6) is 0 Å². The third kappa shape index (κ3) is 4.47. The first-order valence-corrected chi connectivity index (χ1v) is 8.36. The van der Waals surface area contributed by atoms with Gasteiger partial charge in [-0.1, -0.05) is 29.8 Å². The Morgan fingerprint density at radius 1 is 1.18 bits per heavy atom. The Labute approximate surface area is 133 Å². The van der Waals surface area contributed by atoms with E-state index in [0.717, 1.165) is 0 Å². The van der Waals surface area contributed by atoms with Gasteiger partial charge in [0.1, 0.15) is 0 Å². The second-order valence-electron chi connectivity index (χ2n) is 4.56. The lowest BCUT2D eigenvalue weighted by Crippen LogP contribution is -2.15. The minimum absolute atomic E-state index is 0.212. The molecular formula is C15H14ClNO4S. The highest BCUT2D eigenvalue weighted by Crippen LogP contribution is 2.17. The Hall–Kier alpha value is -2.05. The van der Waals surface area contributed by atoms with E-state index in [9.17, 15) is 13.2 Å². The Kier molecular flexibility index (Phi) is 5.05. The van der Waals surface area contributed by atoms with E-state index in [2.05, 4.69) is 9.46 Å². The maximum atomic E-state index is 12.2. The number of sulfonamides is 1. The Balaban J connectivity index is 2.17. The summed E-state index contributed by atoms with van der Waals surface area (Å²) in [5.74, 6) is -0.744. The van der Waals surface area contributed by atoms with Gasteiger partial charge in [-0.05, 0) is 35.9 Å². The molecule has 0 aliphatic rings. The zero-order valence-electron chi connectivity index (χ0n) is 11.7. The van der Waals surface area contributed by atoms with Crippen LogP contribution < -0.4 is 4.72 Å². The van der Waals surface area contributed by atoms with Gasteiger partial charge < -0.3 is 4.74 Å². The van der Waals surface area contributed by atoms with Crippen LogP contribution in [-0.2, 0) is 20.5 Å². The van der Waals surface area contributed by atoms with E-state index in [4.69, 9.17) is 11.6 Å². The first-order chi connectivity index (χ1) is 10.4. The van der Waals surface area contributed by atoms with Crippen molar-refractivity contribution in [1.82, 2.24) is 0 Å². The van der Waals surface area contributed by atoms with Crippen LogP contribution in [0.15, 0.2) is 48.5 Å². The molecule has 0 bridgehead atoms. The number of carbonyl (C=O) groups excluding carboxylic acids is 1. The van der Waals surface area contributed by atoms with E-state index in [1.54, 1.807) is 42.5 Å². The van der Waals surface area contributed by atoms with E-state index in [0.29, 0.717) is 16.3 Å². The smallest absolute Gasteiger partial charge is 0.337 e. The number of ether oxygens (including phenoxy) is 1. The molecule has 0 heterocycles. The van der Waals surface area contributed by atoms with E-state index in [1.807, 2.05) is 0 Å². The standard InChI is InChI=1S/C15H14ClNO4S/c1-21-15(18)12-5-3-7-14(9-12)17-22(19,20)10-11-4-2-6-13(16)8-11/h2-9,17H,10H2,1H3. The summed E-state index contributed by atoms with van der Waals surface area (Å²) < 4.78 is 31.3. The predicted octanol–water partition coefficient (Wildman–Crippen LogP) is 3.07. The molecular weight excluding hydrogens is 326 g/mol. The number of nitrogens with one attached hydrogen (secondary N) is 1. The molecule has 0 unspecified atom stereocenters. The molecule has 0 saturated heterocycles. The zero-order valence-corrected chi connectivity index (χ0v) is 13.3. The second kappa shape index (κ2) is 6.81. The molecule has 7 heteroatoms. The van der Waals surface area contributed by atoms with Crippen molar-refractivity contribution in [3.05, 3.63) is 64.7 Å². The third-order valence-electron chi connectivity index (χ3n) is 2.80. The SMILES string of the molecule is COC(=O)c1cccc(NS(=O)(=O)Cc2cccc(Cl)c2)c1. The summed E-state index contributed by atoms with van der Waals surface area (Å²) in [6.07, 6.45) is 0. The fourth-order valence-electron chi connectivity index (χ4n) is 1.89. The summed E-state index contributed by atoms with van der Waals surface area (Å²) in [6, 6.07) is 12.7. The van der Waals surface area contributed by atoms with Crippen LogP contribution in [0, 0.1) is 0 Å². The number of hydrogen-bond donors (Lipinski definition) is 1. The first-order valence-electron chi connectivity index (χ1n) is 6.33. The van der Waals surface area contributed by atoms with Crippen molar-refractivity contribution >= 4 is 33.3 Å². The minimum Gasteiger partial charge on any atom is -0.465 e. The van der Waals surface area contributed by atoms with Gasteiger partial charge in [-0.25, -0.2) is 13.2 Å². The number of benzene rings is 2. The highest BCUT2D eigenvalue weighted by molar-refractivity contribution is 7.91. The van der Waals surface area contributed by atoms with Crippen LogP contribution >= 0.6 is 11.6 Å². The molecule has 2 rings (SSSR count). The maximum Gasteiger partial charge on any atom is 0.337 e. The maximum absolute atomic E-state index is 12.2. The summed E-state index contributed by atoms with van der Waals surface area (Å²) in [5.41, 5.74) is 1.14. The number of carbonyl (C=O) groups is 1. The van der Waals surface area contributed by atoms with Crippen LogP contribution in [0.2, 0.25) is 5.02 Å². The van der Waals surface area contributed by atoms with Crippen molar-refractivity contribution in [3.8, 4) is 0 Å². The van der Waals surface area contributed by atoms with Crippen molar-refractivity contribution in [2.75, 3.05) is 11.8 Å². The van der Waals surface area contributed by atoms with Gasteiger partial charge in [-0.2, -0.15) is 0 Å². The van der Waals surface area contributed by atoms with Gasteiger partial charge in [0.05, 0.1) is 18.4 Å². The van der Waals surface area contributed by atoms with Gasteiger partial charge in [0.25, 0.3) is 0 Å². The molecule has 0 aliphatic carbocycles. The largest absolute Gasteiger partial charge is 0.465 e. The number of anilines is 1. The molecule has 0 aliphatic heterocycles. The van der Waals surface area contributed by atoms with E-state index in [-0.39, 0.29) is 11.3 Å². The number of hydrogen-bond acceptors (Lipinski definition) is 4. The number of rotatable bonds is 5. The number of methoxy groups -OCH3 is 1. The summed E-state index contributed by atoms with van der Waals surface area (Å²) in [6.45, 7) is 0.